The highest BCUT2D eigenvalue weighted by Gasteiger charge is 2.55. The van der Waals surface area contributed by atoms with E-state index in [2.05, 4.69) is 19.9 Å². The van der Waals surface area contributed by atoms with Gasteiger partial charge in [0.05, 0.1) is 42.1 Å². The minimum atomic E-state index is -2.73. The van der Waals surface area contributed by atoms with E-state index in [0.29, 0.717) is 29.9 Å². The van der Waals surface area contributed by atoms with Crippen LogP contribution in [0.25, 0.3) is 0 Å². The Hall–Kier alpha value is -2.95. The summed E-state index contributed by atoms with van der Waals surface area (Å²) in [5.74, 6) is -2.07. The molecule has 1 amide bonds. The maximum absolute atomic E-state index is 13.5. The first-order chi connectivity index (χ1) is 13.8. The number of aromatic nitrogens is 4. The van der Waals surface area contributed by atoms with Gasteiger partial charge in [0.25, 0.3) is 5.92 Å². The van der Waals surface area contributed by atoms with E-state index in [0.717, 1.165) is 12.8 Å². The van der Waals surface area contributed by atoms with Gasteiger partial charge in [0.1, 0.15) is 18.2 Å². The number of halogens is 2. The average Bonchev–Trinajstić information content (AvgIpc) is 3.25. The molecule has 3 N–H and O–H groups in total. The molecule has 1 aliphatic carbocycles. The van der Waals surface area contributed by atoms with Crippen molar-refractivity contribution in [2.24, 2.45) is 0 Å². The molecule has 1 saturated carbocycles. The Balaban J connectivity index is 1.56. The van der Waals surface area contributed by atoms with Gasteiger partial charge in [0, 0.05) is 0 Å². The molecule has 11 heteroatoms. The highest BCUT2D eigenvalue weighted by atomic mass is 19.3. The number of nitrogens with two attached hydrogens (primary N) is 1. The van der Waals surface area contributed by atoms with E-state index in [1.54, 1.807) is 0 Å². The van der Waals surface area contributed by atoms with Crippen LogP contribution in [0.5, 0.6) is 0 Å². The van der Waals surface area contributed by atoms with E-state index in [1.807, 2.05) is 0 Å². The summed E-state index contributed by atoms with van der Waals surface area (Å²) in [5, 5.41) is 9.47. The number of aliphatic hydroxyl groups is 1. The van der Waals surface area contributed by atoms with Crippen LogP contribution in [0.2, 0.25) is 0 Å². The molecule has 2 aromatic rings. The molecule has 2 aromatic heterocycles. The summed E-state index contributed by atoms with van der Waals surface area (Å²) in [6.07, 6.45) is 5.90. The Morgan fingerprint density at radius 3 is 2.38 bits per heavy atom. The zero-order valence-electron chi connectivity index (χ0n) is 15.5. The predicted molar refractivity (Wildman–Crippen MR) is 98.9 cm³/mol. The molecular formula is C18H19F2N7O2. The summed E-state index contributed by atoms with van der Waals surface area (Å²) in [4.78, 5) is 33.1. The number of hydrogen-bond acceptors (Lipinski definition) is 8. The van der Waals surface area contributed by atoms with Crippen LogP contribution in [0.1, 0.15) is 37.1 Å². The van der Waals surface area contributed by atoms with Crippen molar-refractivity contribution in [3.05, 3.63) is 23.8 Å². The van der Waals surface area contributed by atoms with Gasteiger partial charge in [-0.15, -0.1) is 0 Å². The van der Waals surface area contributed by atoms with Crippen LogP contribution in [0.4, 0.5) is 32.1 Å². The Morgan fingerprint density at radius 2 is 1.79 bits per heavy atom. The molecule has 0 atom stereocenters. The first-order valence-corrected chi connectivity index (χ1v) is 9.42. The molecule has 0 radical (unpaired) electrons. The van der Waals surface area contributed by atoms with Gasteiger partial charge in [-0.3, -0.25) is 9.69 Å². The largest absolute Gasteiger partial charge is 0.388 e. The molecule has 2 aliphatic heterocycles. The summed E-state index contributed by atoms with van der Waals surface area (Å²) >= 11 is 0. The number of anilines is 4. The second kappa shape index (κ2) is 6.02. The van der Waals surface area contributed by atoms with Crippen molar-refractivity contribution >= 4 is 29.2 Å². The SMILES string of the molecule is Nc1nc(CO)nc2c1C1(CCCC1)C(=O)N2c1cnc(N2CC(F)(F)C2)nc1. The Morgan fingerprint density at radius 1 is 1.14 bits per heavy atom. The van der Waals surface area contributed by atoms with E-state index in [1.165, 1.54) is 22.2 Å². The molecule has 3 aliphatic rings. The fourth-order valence-electron chi connectivity index (χ4n) is 4.55. The van der Waals surface area contributed by atoms with Gasteiger partial charge in [0.2, 0.25) is 11.9 Å². The molecule has 152 valence electrons. The maximum atomic E-state index is 13.5. The fraction of sp³-hybridized carbons (Fsp3) is 0.500. The van der Waals surface area contributed by atoms with Gasteiger partial charge in [-0.25, -0.2) is 28.7 Å². The lowest BCUT2D eigenvalue weighted by Crippen LogP contribution is -2.57. The van der Waals surface area contributed by atoms with Crippen LogP contribution in [0.3, 0.4) is 0 Å². The number of amides is 1. The van der Waals surface area contributed by atoms with Crippen molar-refractivity contribution in [3.63, 3.8) is 0 Å². The predicted octanol–water partition coefficient (Wildman–Crippen LogP) is 1.29. The number of carbonyl (C=O) groups is 1. The quantitative estimate of drug-likeness (QED) is 0.786. The zero-order valence-corrected chi connectivity index (χ0v) is 15.5. The smallest absolute Gasteiger partial charge is 0.282 e. The second-order valence-corrected chi connectivity index (χ2v) is 7.76. The lowest BCUT2D eigenvalue weighted by atomic mass is 9.80. The lowest BCUT2D eigenvalue weighted by molar-refractivity contribution is -0.122. The first-order valence-electron chi connectivity index (χ1n) is 9.42. The van der Waals surface area contributed by atoms with Crippen LogP contribution < -0.4 is 15.5 Å². The molecule has 2 fully saturated rings. The number of alkyl halides is 2. The van der Waals surface area contributed by atoms with Crippen LogP contribution in [-0.2, 0) is 16.8 Å². The van der Waals surface area contributed by atoms with Crippen molar-refractivity contribution in [3.8, 4) is 0 Å². The van der Waals surface area contributed by atoms with E-state index < -0.39 is 31.0 Å². The molecule has 9 nitrogen and oxygen atoms in total. The highest BCUT2D eigenvalue weighted by Crippen LogP contribution is 2.54. The third kappa shape index (κ3) is 2.56. The monoisotopic (exact) mass is 403 g/mol. The number of nitrogens with zero attached hydrogens (tertiary/aromatic N) is 6. The molecule has 4 heterocycles. The van der Waals surface area contributed by atoms with Crippen molar-refractivity contribution < 1.29 is 18.7 Å². The van der Waals surface area contributed by atoms with Crippen LogP contribution >= 0.6 is 0 Å². The Bertz CT molecular complexity index is 984. The molecule has 29 heavy (non-hydrogen) atoms. The summed E-state index contributed by atoms with van der Waals surface area (Å²) < 4.78 is 26.2. The number of fused-ring (bicyclic) bond motifs is 2. The maximum Gasteiger partial charge on any atom is 0.282 e. The molecule has 1 saturated heterocycles. The summed E-state index contributed by atoms with van der Waals surface area (Å²) in [5.41, 5.74) is 6.34. The van der Waals surface area contributed by atoms with Crippen molar-refractivity contribution in [2.45, 2.75) is 43.6 Å². The molecular weight excluding hydrogens is 384 g/mol. The molecule has 0 aromatic carbocycles. The number of nitrogen functional groups attached to an aromatic ring is 1. The third-order valence-corrected chi connectivity index (χ3v) is 5.88. The lowest BCUT2D eigenvalue weighted by Gasteiger charge is -2.38. The van der Waals surface area contributed by atoms with Crippen LogP contribution in [-0.4, -0.2) is 50.0 Å². The molecule has 5 rings (SSSR count). The standard InChI is InChI=1S/C18H19F2N7O2/c19-18(20)8-26(9-18)16-22-5-10(6-23-16)27-14-12(13(21)24-11(7-28)25-14)17(15(27)29)3-1-2-4-17/h5-6,28H,1-4,7-9H2,(H2,21,24,25). The Labute approximate surface area is 164 Å². The second-order valence-electron chi connectivity index (χ2n) is 7.76. The summed E-state index contributed by atoms with van der Waals surface area (Å²) in [7, 11) is 0. The van der Waals surface area contributed by atoms with Crippen LogP contribution in [0, 0.1) is 0 Å². The van der Waals surface area contributed by atoms with Crippen molar-refractivity contribution in [1.29, 1.82) is 0 Å². The molecule has 1 spiro atoms. The zero-order chi connectivity index (χ0) is 20.4. The molecule has 0 bridgehead atoms. The highest BCUT2D eigenvalue weighted by molar-refractivity contribution is 6.13. The van der Waals surface area contributed by atoms with Gasteiger partial charge in [-0.1, -0.05) is 12.8 Å². The van der Waals surface area contributed by atoms with Gasteiger partial charge >= 0.3 is 0 Å². The van der Waals surface area contributed by atoms with E-state index >= 15 is 0 Å². The topological polar surface area (TPSA) is 121 Å². The van der Waals surface area contributed by atoms with Crippen molar-refractivity contribution in [1.82, 2.24) is 19.9 Å². The fourth-order valence-corrected chi connectivity index (χ4v) is 4.55. The number of aliphatic hydroxyl groups excluding tert-OH is 1. The van der Waals surface area contributed by atoms with Crippen molar-refractivity contribution in [2.75, 3.05) is 28.6 Å². The van der Waals surface area contributed by atoms with Gasteiger partial charge in [0.15, 0.2) is 5.82 Å². The van der Waals surface area contributed by atoms with E-state index in [9.17, 15) is 18.7 Å². The first kappa shape index (κ1) is 18.1. The van der Waals surface area contributed by atoms with E-state index in [-0.39, 0.29) is 23.5 Å². The summed E-state index contributed by atoms with van der Waals surface area (Å²) in [6.45, 7) is -1.26. The average molecular weight is 403 g/mol. The van der Waals surface area contributed by atoms with Crippen LogP contribution in [0.15, 0.2) is 12.4 Å². The van der Waals surface area contributed by atoms with Gasteiger partial charge in [-0.05, 0) is 12.8 Å². The van der Waals surface area contributed by atoms with Gasteiger partial charge < -0.3 is 15.7 Å². The Kier molecular flexibility index (Phi) is 3.76. The minimum Gasteiger partial charge on any atom is -0.388 e. The number of carbonyl (C=O) groups excluding carboxylic acids is 1. The minimum absolute atomic E-state index is 0.120. The number of hydrogen-bond donors (Lipinski definition) is 2. The third-order valence-electron chi connectivity index (χ3n) is 5.88. The molecule has 0 unspecified atom stereocenters. The van der Waals surface area contributed by atoms with E-state index in [4.69, 9.17) is 5.73 Å². The number of rotatable bonds is 3. The normalized spacial score (nSPS) is 21.6. The van der Waals surface area contributed by atoms with Gasteiger partial charge in [-0.2, -0.15) is 0 Å². The summed E-state index contributed by atoms with van der Waals surface area (Å²) in [6, 6.07) is 0.